The molecule has 2 aliphatic heterocycles. The number of thioether (sulfide) groups is 1. The van der Waals surface area contributed by atoms with Crippen LogP contribution in [0.1, 0.15) is 38.5 Å². The lowest BCUT2D eigenvalue weighted by Crippen LogP contribution is -2.59. The molecule has 23 heavy (non-hydrogen) atoms. The zero-order valence-electron chi connectivity index (χ0n) is 14.0. The number of piperazine rings is 1. The minimum Gasteiger partial charge on any atom is -0.361 e. The molecule has 2 N–H and O–H groups in total. The van der Waals surface area contributed by atoms with Crippen LogP contribution in [0.15, 0.2) is 0 Å². The minimum atomic E-state index is -2.87. The van der Waals surface area contributed by atoms with Crippen LogP contribution >= 0.6 is 11.8 Å². The van der Waals surface area contributed by atoms with Crippen LogP contribution in [0.25, 0.3) is 0 Å². The Hall–Kier alpha value is 0.180. The SMILES string of the molecule is CS(=O)(=O)C1CCC(C2CNCC(OCC3CCCS3)N2)CC1. The van der Waals surface area contributed by atoms with Gasteiger partial charge in [-0.25, -0.2) is 8.42 Å². The van der Waals surface area contributed by atoms with Crippen LogP contribution in [0.3, 0.4) is 0 Å². The fourth-order valence-electron chi connectivity index (χ4n) is 4.05. The van der Waals surface area contributed by atoms with Gasteiger partial charge in [-0.2, -0.15) is 11.8 Å². The standard InChI is InChI=1S/C16H30N2O3S2/c1-23(19,20)14-6-4-12(5-7-14)15-9-17-10-16(18-15)21-11-13-3-2-8-22-13/h12-18H,2-11H2,1H3. The molecule has 0 aromatic heterocycles. The smallest absolute Gasteiger partial charge is 0.150 e. The summed E-state index contributed by atoms with van der Waals surface area (Å²) in [5, 5.41) is 7.69. The van der Waals surface area contributed by atoms with Gasteiger partial charge in [0.05, 0.1) is 11.9 Å². The molecule has 0 radical (unpaired) electrons. The molecule has 2 heterocycles. The monoisotopic (exact) mass is 362 g/mol. The third-order valence-electron chi connectivity index (χ3n) is 5.49. The van der Waals surface area contributed by atoms with Crippen molar-refractivity contribution in [3.63, 3.8) is 0 Å². The van der Waals surface area contributed by atoms with Crippen molar-refractivity contribution >= 4 is 21.6 Å². The van der Waals surface area contributed by atoms with Crippen molar-refractivity contribution in [2.24, 2.45) is 5.92 Å². The van der Waals surface area contributed by atoms with E-state index in [-0.39, 0.29) is 11.5 Å². The highest BCUT2D eigenvalue weighted by atomic mass is 32.2. The van der Waals surface area contributed by atoms with Gasteiger partial charge in [0.15, 0.2) is 0 Å². The number of hydrogen-bond donors (Lipinski definition) is 2. The van der Waals surface area contributed by atoms with E-state index in [4.69, 9.17) is 4.74 Å². The molecule has 3 aliphatic rings. The molecule has 1 saturated carbocycles. The first kappa shape index (κ1) is 18.0. The lowest BCUT2D eigenvalue weighted by molar-refractivity contribution is -0.000190. The predicted molar refractivity (Wildman–Crippen MR) is 95.6 cm³/mol. The number of sulfone groups is 1. The Kier molecular flexibility index (Phi) is 6.29. The highest BCUT2D eigenvalue weighted by molar-refractivity contribution is 8.00. The average molecular weight is 363 g/mol. The molecule has 0 bridgehead atoms. The van der Waals surface area contributed by atoms with Crippen molar-refractivity contribution in [3.05, 3.63) is 0 Å². The molecule has 1 aliphatic carbocycles. The summed E-state index contributed by atoms with van der Waals surface area (Å²) in [6.07, 6.45) is 7.71. The number of nitrogens with one attached hydrogen (secondary N) is 2. The van der Waals surface area contributed by atoms with Crippen molar-refractivity contribution in [2.45, 2.75) is 61.3 Å². The fourth-order valence-corrected chi connectivity index (χ4v) is 6.36. The summed E-state index contributed by atoms with van der Waals surface area (Å²) in [7, 11) is -2.87. The molecule has 3 rings (SSSR count). The Bertz CT molecular complexity index is 472. The van der Waals surface area contributed by atoms with Crippen LogP contribution in [0.4, 0.5) is 0 Å². The van der Waals surface area contributed by atoms with E-state index in [1.165, 1.54) is 24.9 Å². The van der Waals surface area contributed by atoms with Crippen molar-refractivity contribution in [1.82, 2.24) is 10.6 Å². The Morgan fingerprint density at radius 1 is 1.13 bits per heavy atom. The van der Waals surface area contributed by atoms with Gasteiger partial charge in [0.2, 0.25) is 0 Å². The molecule has 3 fully saturated rings. The van der Waals surface area contributed by atoms with E-state index in [0.29, 0.717) is 17.2 Å². The zero-order chi connectivity index (χ0) is 16.3. The first-order valence-corrected chi connectivity index (χ1v) is 11.9. The summed E-state index contributed by atoms with van der Waals surface area (Å²) in [5.41, 5.74) is 0. The third-order valence-corrected chi connectivity index (χ3v) is 8.54. The second-order valence-corrected chi connectivity index (χ2v) is 11.0. The molecule has 3 unspecified atom stereocenters. The highest BCUT2D eigenvalue weighted by Crippen LogP contribution is 2.31. The summed E-state index contributed by atoms with van der Waals surface area (Å²) in [6.45, 7) is 2.68. The summed E-state index contributed by atoms with van der Waals surface area (Å²) >= 11 is 2.03. The van der Waals surface area contributed by atoms with Crippen LogP contribution < -0.4 is 10.6 Å². The second-order valence-electron chi connectivity index (χ2n) is 7.25. The van der Waals surface area contributed by atoms with Crippen molar-refractivity contribution in [1.29, 1.82) is 0 Å². The first-order chi connectivity index (χ1) is 11.0. The van der Waals surface area contributed by atoms with Gasteiger partial charge < -0.3 is 10.1 Å². The molecular weight excluding hydrogens is 332 g/mol. The molecule has 2 saturated heterocycles. The average Bonchev–Trinajstić information content (AvgIpc) is 3.06. The predicted octanol–water partition coefficient (Wildman–Crippen LogP) is 1.39. The number of rotatable bonds is 5. The van der Waals surface area contributed by atoms with Gasteiger partial charge in [0.25, 0.3) is 0 Å². The van der Waals surface area contributed by atoms with Gasteiger partial charge >= 0.3 is 0 Å². The lowest BCUT2D eigenvalue weighted by Gasteiger charge is -2.39. The van der Waals surface area contributed by atoms with Gasteiger partial charge in [0, 0.05) is 30.6 Å². The molecule has 0 aromatic carbocycles. The largest absolute Gasteiger partial charge is 0.361 e. The number of hydrogen-bond acceptors (Lipinski definition) is 6. The second kappa shape index (κ2) is 8.04. The zero-order valence-corrected chi connectivity index (χ0v) is 15.6. The summed E-state index contributed by atoms with van der Waals surface area (Å²) < 4.78 is 29.4. The van der Waals surface area contributed by atoms with Gasteiger partial charge in [0.1, 0.15) is 16.1 Å². The van der Waals surface area contributed by atoms with E-state index in [2.05, 4.69) is 10.6 Å². The molecule has 0 aromatic rings. The van der Waals surface area contributed by atoms with Gasteiger partial charge in [-0.15, -0.1) is 0 Å². The van der Waals surface area contributed by atoms with Gasteiger partial charge in [-0.05, 0) is 50.2 Å². The summed E-state index contributed by atoms with van der Waals surface area (Å²) in [5.74, 6) is 1.84. The highest BCUT2D eigenvalue weighted by Gasteiger charge is 2.34. The van der Waals surface area contributed by atoms with Crippen LogP contribution in [0.2, 0.25) is 0 Å². The van der Waals surface area contributed by atoms with Crippen molar-refractivity contribution in [2.75, 3.05) is 31.7 Å². The molecule has 0 amide bonds. The van der Waals surface area contributed by atoms with Crippen molar-refractivity contribution < 1.29 is 13.2 Å². The Labute approximate surface area is 144 Å². The van der Waals surface area contributed by atoms with Crippen molar-refractivity contribution in [3.8, 4) is 0 Å². The fraction of sp³-hybridized carbons (Fsp3) is 1.00. The van der Waals surface area contributed by atoms with Crippen LogP contribution in [0.5, 0.6) is 0 Å². The Balaban J connectivity index is 1.43. The lowest BCUT2D eigenvalue weighted by atomic mass is 9.83. The Morgan fingerprint density at radius 3 is 2.57 bits per heavy atom. The summed E-state index contributed by atoms with van der Waals surface area (Å²) in [4.78, 5) is 0. The minimum absolute atomic E-state index is 0.0996. The molecular formula is C16H30N2O3S2. The van der Waals surface area contributed by atoms with E-state index in [0.717, 1.165) is 45.4 Å². The molecule has 134 valence electrons. The van der Waals surface area contributed by atoms with E-state index in [1.807, 2.05) is 11.8 Å². The van der Waals surface area contributed by atoms with Crippen LogP contribution in [0, 0.1) is 5.92 Å². The van der Waals surface area contributed by atoms with E-state index in [1.54, 1.807) is 0 Å². The maximum atomic E-state index is 11.7. The third kappa shape index (κ3) is 5.08. The number of ether oxygens (including phenoxy) is 1. The van der Waals surface area contributed by atoms with Gasteiger partial charge in [-0.3, -0.25) is 5.32 Å². The van der Waals surface area contributed by atoms with E-state index in [9.17, 15) is 8.42 Å². The topological polar surface area (TPSA) is 67.4 Å². The molecule has 5 nitrogen and oxygen atoms in total. The van der Waals surface area contributed by atoms with Gasteiger partial charge in [-0.1, -0.05) is 0 Å². The Morgan fingerprint density at radius 2 is 1.91 bits per heavy atom. The molecule has 0 spiro atoms. The quantitative estimate of drug-likeness (QED) is 0.770. The molecule has 7 heteroatoms. The van der Waals surface area contributed by atoms with Crippen LogP contribution in [-0.4, -0.2) is 62.9 Å². The molecule has 3 atom stereocenters. The maximum Gasteiger partial charge on any atom is 0.150 e. The maximum absolute atomic E-state index is 11.7. The van der Waals surface area contributed by atoms with E-state index < -0.39 is 9.84 Å². The normalized spacial score (nSPS) is 39.4. The first-order valence-electron chi connectivity index (χ1n) is 8.91. The summed E-state index contributed by atoms with van der Waals surface area (Å²) in [6, 6.07) is 0.408. The van der Waals surface area contributed by atoms with E-state index >= 15 is 0 Å². The van der Waals surface area contributed by atoms with Crippen LogP contribution in [-0.2, 0) is 14.6 Å².